The number of hydrogen-bond donors (Lipinski definition) is 0. The molecule has 0 fully saturated rings. The second-order valence-corrected chi connectivity index (χ2v) is 4.85. The second-order valence-electron chi connectivity index (χ2n) is 4.03. The summed E-state index contributed by atoms with van der Waals surface area (Å²) in [5.74, 6) is 0. The molecule has 2 heteroatoms. The van der Waals surface area contributed by atoms with Crippen LogP contribution in [0.25, 0.3) is 0 Å². The Balaban J connectivity index is 2.35. The van der Waals surface area contributed by atoms with Crippen molar-refractivity contribution in [3.63, 3.8) is 0 Å². The van der Waals surface area contributed by atoms with Crippen molar-refractivity contribution in [1.29, 1.82) is 0 Å². The van der Waals surface area contributed by atoms with E-state index in [2.05, 4.69) is 19.1 Å². The predicted octanol–water partition coefficient (Wildman–Crippen LogP) is 4.39. The predicted molar refractivity (Wildman–Crippen MR) is 85.7 cm³/mol. The molecule has 2 aromatic carbocycles. The van der Waals surface area contributed by atoms with E-state index in [1.807, 2.05) is 42.5 Å². The molecule has 0 atom stereocenters. The van der Waals surface area contributed by atoms with Gasteiger partial charge in [0.25, 0.3) is 0 Å². The van der Waals surface area contributed by atoms with Crippen LogP contribution in [-0.4, -0.2) is 9.73 Å². The molecule has 0 heterocycles. The fraction of sp³-hybridized carbons (Fsp3) is 0.125. The SMILES string of the molecule is CCc1ccccc1C(=S)C(=S)c1ccccc1. The van der Waals surface area contributed by atoms with Gasteiger partial charge in [0.15, 0.2) is 0 Å². The number of benzene rings is 2. The molecular formula is C16H14S2. The first-order chi connectivity index (χ1) is 8.74. The number of hydrogen-bond acceptors (Lipinski definition) is 2. The van der Waals surface area contributed by atoms with E-state index < -0.39 is 0 Å². The second kappa shape index (κ2) is 5.98. The lowest BCUT2D eigenvalue weighted by Crippen LogP contribution is -2.13. The molecule has 0 saturated carbocycles. The minimum Gasteiger partial charge on any atom is -0.0778 e. The largest absolute Gasteiger partial charge is 0.0778 e. The van der Waals surface area contributed by atoms with Gasteiger partial charge in [-0.05, 0) is 23.1 Å². The number of thiocarbonyl (C=S) groups is 2. The lowest BCUT2D eigenvalue weighted by molar-refractivity contribution is 1.14. The van der Waals surface area contributed by atoms with Crippen LogP contribution in [0.2, 0.25) is 0 Å². The van der Waals surface area contributed by atoms with Gasteiger partial charge in [0.2, 0.25) is 0 Å². The van der Waals surface area contributed by atoms with Crippen LogP contribution in [0.5, 0.6) is 0 Å². The molecule has 0 aliphatic carbocycles. The quantitative estimate of drug-likeness (QED) is 0.597. The van der Waals surface area contributed by atoms with Gasteiger partial charge in [-0.3, -0.25) is 0 Å². The maximum Gasteiger partial charge on any atom is 0.0638 e. The zero-order valence-corrected chi connectivity index (χ0v) is 11.9. The Hall–Kier alpha value is -1.38. The molecule has 2 aromatic rings. The minimum absolute atomic E-state index is 0.756. The highest BCUT2D eigenvalue weighted by Gasteiger charge is 2.12. The summed E-state index contributed by atoms with van der Waals surface area (Å²) in [6, 6.07) is 18.2. The van der Waals surface area contributed by atoms with Crippen LogP contribution in [0.1, 0.15) is 23.6 Å². The van der Waals surface area contributed by atoms with Gasteiger partial charge in [-0.2, -0.15) is 0 Å². The summed E-state index contributed by atoms with van der Waals surface area (Å²) in [5, 5.41) is 0. The van der Waals surface area contributed by atoms with Crippen molar-refractivity contribution in [2.45, 2.75) is 13.3 Å². The Morgan fingerprint density at radius 3 is 2.11 bits per heavy atom. The van der Waals surface area contributed by atoms with Gasteiger partial charge < -0.3 is 0 Å². The average molecular weight is 270 g/mol. The molecule has 0 nitrogen and oxygen atoms in total. The van der Waals surface area contributed by atoms with Gasteiger partial charge in [0.05, 0.1) is 9.73 Å². The Labute approximate surface area is 119 Å². The molecule has 0 radical (unpaired) electrons. The van der Waals surface area contributed by atoms with E-state index in [-0.39, 0.29) is 0 Å². The van der Waals surface area contributed by atoms with E-state index in [0.717, 1.165) is 27.3 Å². The Kier molecular flexibility index (Phi) is 4.34. The molecule has 0 amide bonds. The number of aryl methyl sites for hydroxylation is 1. The molecule has 0 aromatic heterocycles. The minimum atomic E-state index is 0.756. The third-order valence-electron chi connectivity index (χ3n) is 2.89. The van der Waals surface area contributed by atoms with E-state index in [4.69, 9.17) is 24.4 Å². The van der Waals surface area contributed by atoms with E-state index in [1.54, 1.807) is 0 Å². The molecule has 90 valence electrons. The van der Waals surface area contributed by atoms with Crippen LogP contribution < -0.4 is 0 Å². The van der Waals surface area contributed by atoms with Crippen LogP contribution in [-0.2, 0) is 6.42 Å². The highest BCUT2D eigenvalue weighted by Crippen LogP contribution is 2.15. The standard InChI is InChI=1S/C16H14S2/c1-2-12-8-6-7-11-14(12)16(18)15(17)13-9-4-3-5-10-13/h3-11H,2H2,1H3. The average Bonchev–Trinajstić information content (AvgIpc) is 2.46. The molecule has 0 N–H and O–H groups in total. The van der Waals surface area contributed by atoms with E-state index in [9.17, 15) is 0 Å². The smallest absolute Gasteiger partial charge is 0.0638 e. The normalized spacial score (nSPS) is 10.1. The summed E-state index contributed by atoms with van der Waals surface area (Å²) in [7, 11) is 0. The Bertz CT molecular complexity index is 571. The molecule has 0 bridgehead atoms. The Morgan fingerprint density at radius 2 is 1.44 bits per heavy atom. The fourth-order valence-electron chi connectivity index (χ4n) is 1.89. The Morgan fingerprint density at radius 1 is 0.833 bits per heavy atom. The molecule has 0 aliphatic heterocycles. The summed E-state index contributed by atoms with van der Waals surface area (Å²) in [5.41, 5.74) is 3.35. The molecule has 0 unspecified atom stereocenters. The molecular weight excluding hydrogens is 256 g/mol. The van der Waals surface area contributed by atoms with Crippen molar-refractivity contribution in [1.82, 2.24) is 0 Å². The van der Waals surface area contributed by atoms with Crippen molar-refractivity contribution >= 4 is 34.2 Å². The van der Waals surface area contributed by atoms with Crippen molar-refractivity contribution in [2.24, 2.45) is 0 Å². The van der Waals surface area contributed by atoms with Crippen LogP contribution in [0.4, 0.5) is 0 Å². The first-order valence-corrected chi connectivity index (χ1v) is 6.77. The summed E-state index contributed by atoms with van der Waals surface area (Å²) in [4.78, 5) is 1.53. The summed E-state index contributed by atoms with van der Waals surface area (Å²) in [6.45, 7) is 2.13. The molecule has 18 heavy (non-hydrogen) atoms. The highest BCUT2D eigenvalue weighted by molar-refractivity contribution is 7.90. The van der Waals surface area contributed by atoms with Crippen molar-refractivity contribution in [3.8, 4) is 0 Å². The van der Waals surface area contributed by atoms with Gasteiger partial charge in [0, 0.05) is 0 Å². The van der Waals surface area contributed by atoms with E-state index in [0.29, 0.717) is 0 Å². The van der Waals surface area contributed by atoms with Crippen LogP contribution in [0.15, 0.2) is 54.6 Å². The molecule has 0 spiro atoms. The van der Waals surface area contributed by atoms with Crippen LogP contribution in [0, 0.1) is 0 Å². The van der Waals surface area contributed by atoms with Crippen LogP contribution >= 0.6 is 24.4 Å². The van der Waals surface area contributed by atoms with Gasteiger partial charge in [0.1, 0.15) is 0 Å². The van der Waals surface area contributed by atoms with Gasteiger partial charge in [-0.1, -0.05) is 86.0 Å². The fourth-order valence-corrected chi connectivity index (χ4v) is 2.46. The van der Waals surface area contributed by atoms with Gasteiger partial charge in [-0.15, -0.1) is 0 Å². The highest BCUT2D eigenvalue weighted by atomic mass is 32.1. The van der Waals surface area contributed by atoms with E-state index in [1.165, 1.54) is 5.56 Å². The molecule has 0 saturated heterocycles. The maximum atomic E-state index is 5.54. The maximum absolute atomic E-state index is 5.54. The van der Waals surface area contributed by atoms with Gasteiger partial charge >= 0.3 is 0 Å². The monoisotopic (exact) mass is 270 g/mol. The van der Waals surface area contributed by atoms with E-state index >= 15 is 0 Å². The third-order valence-corrected chi connectivity index (χ3v) is 3.88. The lowest BCUT2D eigenvalue weighted by Gasteiger charge is -2.10. The molecule has 2 rings (SSSR count). The zero-order valence-electron chi connectivity index (χ0n) is 10.2. The summed E-state index contributed by atoms with van der Waals surface area (Å²) in [6.07, 6.45) is 0.966. The first-order valence-electron chi connectivity index (χ1n) is 5.96. The summed E-state index contributed by atoms with van der Waals surface area (Å²) >= 11 is 11.0. The zero-order chi connectivity index (χ0) is 13.0. The van der Waals surface area contributed by atoms with Crippen molar-refractivity contribution in [2.75, 3.05) is 0 Å². The van der Waals surface area contributed by atoms with Crippen LogP contribution in [0.3, 0.4) is 0 Å². The summed E-state index contributed by atoms with van der Waals surface area (Å²) < 4.78 is 0. The molecule has 0 aliphatic rings. The number of rotatable bonds is 4. The third kappa shape index (κ3) is 2.71. The lowest BCUT2D eigenvalue weighted by atomic mass is 9.98. The van der Waals surface area contributed by atoms with Crippen molar-refractivity contribution in [3.05, 3.63) is 71.3 Å². The van der Waals surface area contributed by atoms with Crippen molar-refractivity contribution < 1.29 is 0 Å². The van der Waals surface area contributed by atoms with Gasteiger partial charge in [-0.25, -0.2) is 0 Å². The topological polar surface area (TPSA) is 0 Å². The first kappa shape index (κ1) is 13.1.